The molecule has 0 saturated carbocycles. The van der Waals surface area contributed by atoms with Crippen molar-refractivity contribution in [1.29, 1.82) is 0 Å². The fourth-order valence-corrected chi connectivity index (χ4v) is 3.66. The second-order valence-electron chi connectivity index (χ2n) is 6.66. The number of hydrogen-bond acceptors (Lipinski definition) is 5. The highest BCUT2D eigenvalue weighted by atomic mass is 16.5. The Hall–Kier alpha value is -2.44. The van der Waals surface area contributed by atoms with E-state index in [-0.39, 0.29) is 18.4 Å². The molecule has 1 atom stereocenters. The molecule has 7 nitrogen and oxygen atoms in total. The summed E-state index contributed by atoms with van der Waals surface area (Å²) in [4.78, 5) is 25.5. The zero-order valence-corrected chi connectivity index (χ0v) is 16.3. The fourth-order valence-electron chi connectivity index (χ4n) is 3.66. The molecule has 1 aliphatic rings. The van der Waals surface area contributed by atoms with Gasteiger partial charge in [-0.3, -0.25) is 9.59 Å². The molecule has 150 valence electrons. The van der Waals surface area contributed by atoms with Crippen LogP contribution in [0.3, 0.4) is 0 Å². The predicted octanol–water partition coefficient (Wildman–Crippen LogP) is 2.89. The largest absolute Gasteiger partial charge is 0.493 e. The molecule has 1 amide bonds. The molecule has 27 heavy (non-hydrogen) atoms. The lowest BCUT2D eigenvalue weighted by Crippen LogP contribution is -2.44. The Morgan fingerprint density at radius 2 is 1.81 bits per heavy atom. The molecule has 1 saturated heterocycles. The maximum Gasteiger partial charge on any atom is 0.303 e. The number of amides is 1. The van der Waals surface area contributed by atoms with Crippen LogP contribution in [0.25, 0.3) is 0 Å². The van der Waals surface area contributed by atoms with Gasteiger partial charge in [-0.05, 0) is 43.7 Å². The number of carboxylic acids is 1. The number of likely N-dealkylation sites (tertiary alicyclic amines) is 1. The number of rotatable bonds is 9. The van der Waals surface area contributed by atoms with Crippen molar-refractivity contribution in [3.8, 4) is 17.2 Å². The van der Waals surface area contributed by atoms with Crippen molar-refractivity contribution in [3.63, 3.8) is 0 Å². The third-order valence-electron chi connectivity index (χ3n) is 5.03. The van der Waals surface area contributed by atoms with Gasteiger partial charge >= 0.3 is 5.97 Å². The molecular formula is C20H29NO6. The smallest absolute Gasteiger partial charge is 0.303 e. The monoisotopic (exact) mass is 379 g/mol. The minimum atomic E-state index is -0.817. The van der Waals surface area contributed by atoms with E-state index in [9.17, 15) is 9.59 Å². The average Bonchev–Trinajstić information content (AvgIpc) is 2.69. The molecule has 1 heterocycles. The third kappa shape index (κ3) is 5.28. The highest BCUT2D eigenvalue weighted by molar-refractivity contribution is 5.77. The van der Waals surface area contributed by atoms with Crippen LogP contribution in [-0.2, 0) is 16.0 Å². The van der Waals surface area contributed by atoms with E-state index in [2.05, 4.69) is 0 Å². The summed E-state index contributed by atoms with van der Waals surface area (Å²) in [6, 6.07) is 3.71. The summed E-state index contributed by atoms with van der Waals surface area (Å²) in [5, 5.41) is 8.93. The van der Waals surface area contributed by atoms with E-state index in [1.54, 1.807) is 27.4 Å². The number of methoxy groups -OCH3 is 3. The van der Waals surface area contributed by atoms with Gasteiger partial charge in [-0.25, -0.2) is 0 Å². The third-order valence-corrected chi connectivity index (χ3v) is 5.03. The highest BCUT2D eigenvalue weighted by Gasteiger charge is 2.27. The molecular weight excluding hydrogens is 350 g/mol. The minimum absolute atomic E-state index is 0.0228. The van der Waals surface area contributed by atoms with Crippen molar-refractivity contribution < 1.29 is 28.9 Å². The van der Waals surface area contributed by atoms with Crippen LogP contribution in [0.1, 0.15) is 44.1 Å². The Morgan fingerprint density at radius 1 is 1.07 bits per heavy atom. The first-order chi connectivity index (χ1) is 13.0. The number of carbonyl (C=O) groups is 2. The van der Waals surface area contributed by atoms with Gasteiger partial charge in [-0.2, -0.15) is 0 Å². The number of carboxylic acid groups (broad SMARTS) is 1. The molecule has 1 aromatic carbocycles. The molecule has 0 aliphatic carbocycles. The number of carbonyl (C=O) groups excluding carboxylic acids is 1. The molecule has 1 N–H and O–H groups in total. The summed E-state index contributed by atoms with van der Waals surface area (Å²) in [6.45, 7) is 0.701. The van der Waals surface area contributed by atoms with Gasteiger partial charge in [-0.1, -0.05) is 6.07 Å². The van der Waals surface area contributed by atoms with Gasteiger partial charge in [0.05, 0.1) is 21.3 Å². The van der Waals surface area contributed by atoms with E-state index in [0.717, 1.165) is 24.8 Å². The first-order valence-electron chi connectivity index (χ1n) is 9.30. The van der Waals surface area contributed by atoms with Crippen molar-refractivity contribution in [2.45, 2.75) is 51.0 Å². The van der Waals surface area contributed by atoms with Gasteiger partial charge in [0.1, 0.15) is 0 Å². The number of piperidine rings is 1. The van der Waals surface area contributed by atoms with Crippen LogP contribution in [0, 0.1) is 0 Å². The summed E-state index contributed by atoms with van der Waals surface area (Å²) in [7, 11) is 4.68. The summed E-state index contributed by atoms with van der Waals surface area (Å²) in [5.41, 5.74) is 0.877. The number of benzene rings is 1. The van der Waals surface area contributed by atoms with Crippen molar-refractivity contribution in [1.82, 2.24) is 4.90 Å². The standard InChI is InChI=1S/C20H29NO6/c1-25-16-10-7-14(19(26-2)20(16)27-3)8-11-17(22)21-13-5-4-6-15(21)9-12-18(23)24/h7,10,15H,4-6,8-9,11-13H2,1-3H3,(H,23,24). The van der Waals surface area contributed by atoms with E-state index in [0.29, 0.717) is 43.1 Å². The number of aryl methyl sites for hydroxylation is 1. The Balaban J connectivity index is 2.06. The number of hydrogen-bond donors (Lipinski definition) is 1. The topological polar surface area (TPSA) is 85.3 Å². The number of ether oxygens (including phenoxy) is 3. The summed E-state index contributed by atoms with van der Waals surface area (Å²) in [5.74, 6) is 0.909. The van der Waals surface area contributed by atoms with Gasteiger partial charge < -0.3 is 24.2 Å². The van der Waals surface area contributed by atoms with E-state index in [4.69, 9.17) is 19.3 Å². The first-order valence-corrected chi connectivity index (χ1v) is 9.30. The van der Waals surface area contributed by atoms with Gasteiger partial charge in [0.2, 0.25) is 11.7 Å². The lowest BCUT2D eigenvalue weighted by Gasteiger charge is -2.36. The van der Waals surface area contributed by atoms with E-state index in [1.807, 2.05) is 11.0 Å². The molecule has 1 aliphatic heterocycles. The van der Waals surface area contributed by atoms with Crippen LogP contribution in [0.5, 0.6) is 17.2 Å². The number of nitrogens with zero attached hydrogens (tertiary/aromatic N) is 1. The van der Waals surface area contributed by atoms with Gasteiger partial charge in [0.25, 0.3) is 0 Å². The maximum atomic E-state index is 12.8. The first kappa shape index (κ1) is 20.9. The van der Waals surface area contributed by atoms with Crippen LogP contribution in [0.4, 0.5) is 0 Å². The molecule has 2 rings (SSSR count). The lowest BCUT2D eigenvalue weighted by atomic mass is 9.97. The van der Waals surface area contributed by atoms with Crippen LogP contribution < -0.4 is 14.2 Å². The number of aliphatic carboxylic acids is 1. The quantitative estimate of drug-likeness (QED) is 0.710. The maximum absolute atomic E-state index is 12.8. The van der Waals surface area contributed by atoms with Crippen molar-refractivity contribution in [3.05, 3.63) is 17.7 Å². The molecule has 1 fully saturated rings. The van der Waals surface area contributed by atoms with E-state index < -0.39 is 5.97 Å². The van der Waals surface area contributed by atoms with Gasteiger partial charge in [-0.15, -0.1) is 0 Å². The predicted molar refractivity (Wildman–Crippen MR) is 101 cm³/mol. The molecule has 1 aromatic rings. The van der Waals surface area contributed by atoms with E-state index in [1.165, 1.54) is 0 Å². The lowest BCUT2D eigenvalue weighted by molar-refractivity contribution is -0.140. The molecule has 0 radical (unpaired) electrons. The zero-order valence-electron chi connectivity index (χ0n) is 16.3. The normalized spacial score (nSPS) is 16.7. The average molecular weight is 379 g/mol. The van der Waals surface area contributed by atoms with Crippen LogP contribution >= 0.6 is 0 Å². The SMILES string of the molecule is COc1ccc(CCC(=O)N2CCCCC2CCC(=O)O)c(OC)c1OC. The molecule has 0 spiro atoms. The molecule has 1 unspecified atom stereocenters. The van der Waals surface area contributed by atoms with Gasteiger partial charge in [0.15, 0.2) is 11.5 Å². The molecule has 0 aromatic heterocycles. The summed E-state index contributed by atoms with van der Waals surface area (Å²) < 4.78 is 16.2. The Kier molecular flexibility index (Phi) is 7.76. The highest BCUT2D eigenvalue weighted by Crippen LogP contribution is 2.40. The van der Waals surface area contributed by atoms with Crippen LogP contribution in [-0.4, -0.2) is 55.8 Å². The molecule has 0 bridgehead atoms. The molecule has 7 heteroatoms. The zero-order chi connectivity index (χ0) is 19.8. The van der Waals surface area contributed by atoms with E-state index >= 15 is 0 Å². The van der Waals surface area contributed by atoms with Crippen LogP contribution in [0.2, 0.25) is 0 Å². The Bertz CT molecular complexity index is 660. The van der Waals surface area contributed by atoms with Crippen molar-refractivity contribution >= 4 is 11.9 Å². The summed E-state index contributed by atoms with van der Waals surface area (Å²) in [6.07, 6.45) is 4.35. The Labute approximate surface area is 160 Å². The fraction of sp³-hybridized carbons (Fsp3) is 0.600. The van der Waals surface area contributed by atoms with Crippen LogP contribution in [0.15, 0.2) is 12.1 Å². The second-order valence-corrected chi connectivity index (χ2v) is 6.66. The Morgan fingerprint density at radius 3 is 2.44 bits per heavy atom. The van der Waals surface area contributed by atoms with Gasteiger partial charge in [0, 0.05) is 25.4 Å². The summed E-state index contributed by atoms with van der Waals surface area (Å²) >= 11 is 0. The van der Waals surface area contributed by atoms with Crippen molar-refractivity contribution in [2.24, 2.45) is 0 Å². The minimum Gasteiger partial charge on any atom is -0.493 e. The second kappa shape index (κ2) is 10.0. The van der Waals surface area contributed by atoms with Crippen molar-refractivity contribution in [2.75, 3.05) is 27.9 Å².